The average Bonchev–Trinajstić information content (AvgIpc) is 3.21. The molecule has 174 valence electrons. The van der Waals surface area contributed by atoms with Crippen LogP contribution in [0.3, 0.4) is 0 Å². The molecule has 0 amide bonds. The number of hydrogen-bond acceptors (Lipinski definition) is 0. The molecule has 0 heterocycles. The topological polar surface area (TPSA) is 0 Å². The summed E-state index contributed by atoms with van der Waals surface area (Å²) in [6.07, 6.45) is 22.1. The number of hydrogen-bond donors (Lipinski definition) is 0. The minimum absolute atomic E-state index is 0. The predicted molar refractivity (Wildman–Crippen MR) is 137 cm³/mol. The number of fused-ring (bicyclic) bond motifs is 3. The third kappa shape index (κ3) is 5.92. The SMILES string of the molecule is CC1CC(C(C)(C)C)CC1C(C)(C)C1C2C=CC=CC2C2C=CC=CC21.[CH3-].[CH3-].[Cl][Zr+2][Cl]. The van der Waals surface area contributed by atoms with Crippen LogP contribution in [0.1, 0.15) is 54.4 Å². The van der Waals surface area contributed by atoms with Crippen molar-refractivity contribution in [1.29, 1.82) is 0 Å². The van der Waals surface area contributed by atoms with Crippen molar-refractivity contribution < 1.29 is 20.8 Å². The maximum absolute atomic E-state index is 4.93. The van der Waals surface area contributed by atoms with Crippen LogP contribution in [0.5, 0.6) is 0 Å². The second kappa shape index (κ2) is 11.7. The van der Waals surface area contributed by atoms with Crippen LogP contribution >= 0.6 is 17.0 Å². The van der Waals surface area contributed by atoms with E-state index in [0.29, 0.717) is 34.5 Å². The summed E-state index contributed by atoms with van der Waals surface area (Å²) >= 11 is -0.826. The van der Waals surface area contributed by atoms with Crippen LogP contribution in [-0.2, 0) is 20.8 Å². The maximum atomic E-state index is 4.93. The van der Waals surface area contributed by atoms with E-state index < -0.39 is 20.8 Å². The molecule has 0 aromatic rings. The number of rotatable bonds is 2. The molecule has 0 aliphatic heterocycles. The number of halogens is 2. The number of allylic oxidation sites excluding steroid dienone is 8. The van der Waals surface area contributed by atoms with Crippen molar-refractivity contribution in [2.75, 3.05) is 0 Å². The summed E-state index contributed by atoms with van der Waals surface area (Å²) in [5, 5.41) is 0. The van der Waals surface area contributed by atoms with E-state index in [0.717, 1.165) is 23.7 Å². The standard InChI is InChI=1S/C26H38.2CH3.2ClH.Zr/c1-17-15-18(25(2,3)4)16-23(17)26(5,6)24-21-13-9-7-11-19(21)20-12-8-10-14-22(20)24;;;;;/h7-14,17-24H,15-16H2,1-6H3;2*1H3;2*1H;/q;2*-1;;;+4/p-2. The van der Waals surface area contributed by atoms with E-state index in [1.807, 2.05) is 0 Å². The van der Waals surface area contributed by atoms with Crippen LogP contribution in [0.15, 0.2) is 48.6 Å². The molecule has 31 heavy (non-hydrogen) atoms. The Bertz CT molecular complexity index is 648. The zero-order chi connectivity index (χ0) is 21.4. The molecule has 7 atom stereocenters. The second-order valence-corrected chi connectivity index (χ2v) is 15.1. The summed E-state index contributed by atoms with van der Waals surface area (Å²) in [6.45, 7) is 15.1. The van der Waals surface area contributed by atoms with Gasteiger partial charge in [-0.2, -0.15) is 0 Å². The van der Waals surface area contributed by atoms with Crippen molar-refractivity contribution in [2.24, 2.45) is 58.2 Å². The van der Waals surface area contributed by atoms with Gasteiger partial charge >= 0.3 is 37.9 Å². The van der Waals surface area contributed by atoms with Gasteiger partial charge in [0.15, 0.2) is 0 Å². The van der Waals surface area contributed by atoms with Crippen molar-refractivity contribution in [2.45, 2.75) is 54.4 Å². The Balaban J connectivity index is 0.000000910. The van der Waals surface area contributed by atoms with Gasteiger partial charge in [-0.15, -0.1) is 0 Å². The summed E-state index contributed by atoms with van der Waals surface area (Å²) in [7, 11) is 9.87. The summed E-state index contributed by atoms with van der Waals surface area (Å²) in [5.41, 5.74) is 0.827. The quantitative estimate of drug-likeness (QED) is 0.305. The molecule has 2 saturated carbocycles. The van der Waals surface area contributed by atoms with E-state index in [9.17, 15) is 0 Å². The first-order valence-electron chi connectivity index (χ1n) is 11.3. The third-order valence-electron chi connectivity index (χ3n) is 8.64. The van der Waals surface area contributed by atoms with E-state index in [-0.39, 0.29) is 14.9 Å². The molecule has 3 heteroatoms. The summed E-state index contributed by atoms with van der Waals surface area (Å²) < 4.78 is 0. The molecule has 2 fully saturated rings. The fraction of sp³-hybridized carbons (Fsp3) is 0.643. The third-order valence-corrected chi connectivity index (χ3v) is 8.64. The van der Waals surface area contributed by atoms with Gasteiger partial charge in [0.05, 0.1) is 0 Å². The Labute approximate surface area is 212 Å². The molecule has 0 aromatic heterocycles. The summed E-state index contributed by atoms with van der Waals surface area (Å²) in [6, 6.07) is 0. The van der Waals surface area contributed by atoms with E-state index in [1.165, 1.54) is 12.8 Å². The monoisotopic (exact) mass is 540 g/mol. The van der Waals surface area contributed by atoms with Crippen molar-refractivity contribution in [3.63, 3.8) is 0 Å². The Morgan fingerprint density at radius 1 is 0.710 bits per heavy atom. The van der Waals surface area contributed by atoms with Gasteiger partial charge in [0, 0.05) is 0 Å². The fourth-order valence-corrected chi connectivity index (χ4v) is 7.26. The molecule has 0 spiro atoms. The van der Waals surface area contributed by atoms with Crippen LogP contribution in [0, 0.1) is 73.0 Å². The molecule has 0 nitrogen and oxygen atoms in total. The molecule has 0 saturated heterocycles. The van der Waals surface area contributed by atoms with Gasteiger partial charge in [0.2, 0.25) is 0 Å². The van der Waals surface area contributed by atoms with Crippen LogP contribution in [0.2, 0.25) is 0 Å². The van der Waals surface area contributed by atoms with Gasteiger partial charge in [-0.3, -0.25) is 0 Å². The van der Waals surface area contributed by atoms with Crippen molar-refractivity contribution in [3.05, 3.63) is 63.5 Å². The molecule has 7 unspecified atom stereocenters. The Kier molecular flexibility index (Phi) is 11.1. The molecule has 0 radical (unpaired) electrons. The molecule has 0 aromatic carbocycles. The normalized spacial score (nSPS) is 37.5. The fourth-order valence-electron chi connectivity index (χ4n) is 7.26. The predicted octanol–water partition coefficient (Wildman–Crippen LogP) is 9.34. The summed E-state index contributed by atoms with van der Waals surface area (Å²) in [5.74, 6) is 6.13. The van der Waals surface area contributed by atoms with Crippen LogP contribution in [0.4, 0.5) is 0 Å². The minimum atomic E-state index is -0.826. The van der Waals surface area contributed by atoms with Gasteiger partial charge in [-0.25, -0.2) is 0 Å². The zero-order valence-electron chi connectivity index (χ0n) is 20.9. The van der Waals surface area contributed by atoms with Gasteiger partial charge in [-0.1, -0.05) is 90.2 Å². The van der Waals surface area contributed by atoms with Crippen molar-refractivity contribution in [1.82, 2.24) is 0 Å². The molecular weight excluding hydrogens is 498 g/mol. The van der Waals surface area contributed by atoms with E-state index in [2.05, 4.69) is 90.2 Å². The first-order chi connectivity index (χ1) is 13.6. The van der Waals surface area contributed by atoms with E-state index in [4.69, 9.17) is 17.0 Å². The molecule has 0 bridgehead atoms. The average molecular weight is 543 g/mol. The van der Waals surface area contributed by atoms with Crippen LogP contribution < -0.4 is 0 Å². The summed E-state index contributed by atoms with van der Waals surface area (Å²) in [4.78, 5) is 0. The first kappa shape index (κ1) is 29.5. The Hall–Kier alpha value is 0.423. The molecule has 4 rings (SSSR count). The van der Waals surface area contributed by atoms with Crippen molar-refractivity contribution in [3.8, 4) is 0 Å². The van der Waals surface area contributed by atoms with Gasteiger partial charge in [-0.05, 0) is 71.0 Å². The van der Waals surface area contributed by atoms with Gasteiger partial charge in [0.25, 0.3) is 0 Å². The molecule has 4 aliphatic carbocycles. The Morgan fingerprint density at radius 3 is 1.45 bits per heavy atom. The van der Waals surface area contributed by atoms with Crippen LogP contribution in [-0.4, -0.2) is 0 Å². The molecular formula is C28H44Cl2Zr. The second-order valence-electron chi connectivity index (χ2n) is 11.4. The zero-order valence-corrected chi connectivity index (χ0v) is 24.9. The van der Waals surface area contributed by atoms with Crippen LogP contribution in [0.25, 0.3) is 0 Å². The van der Waals surface area contributed by atoms with Gasteiger partial charge < -0.3 is 14.9 Å². The van der Waals surface area contributed by atoms with E-state index in [1.54, 1.807) is 0 Å². The van der Waals surface area contributed by atoms with Gasteiger partial charge in [0.1, 0.15) is 0 Å². The van der Waals surface area contributed by atoms with Crippen molar-refractivity contribution >= 4 is 17.0 Å². The van der Waals surface area contributed by atoms with E-state index >= 15 is 0 Å². The molecule has 4 aliphatic rings. The first-order valence-corrected chi connectivity index (χ1v) is 17.6. The molecule has 0 N–H and O–H groups in total. The Morgan fingerprint density at radius 2 is 1.10 bits per heavy atom.